The van der Waals surface area contributed by atoms with Crippen LogP contribution in [0.2, 0.25) is 0 Å². The summed E-state index contributed by atoms with van der Waals surface area (Å²) in [5.41, 5.74) is 0.319. The number of esters is 1. The number of hydrogen-bond acceptors (Lipinski definition) is 5. The summed E-state index contributed by atoms with van der Waals surface area (Å²) in [7, 11) is 0. The molecule has 25 heavy (non-hydrogen) atoms. The van der Waals surface area contributed by atoms with E-state index in [1.807, 2.05) is 12.1 Å². The Labute approximate surface area is 147 Å². The van der Waals surface area contributed by atoms with Crippen LogP contribution in [-0.4, -0.2) is 5.97 Å². The number of aryl methyl sites for hydroxylation is 2. The van der Waals surface area contributed by atoms with Crippen LogP contribution in [0, 0.1) is 5.41 Å². The smallest absolute Gasteiger partial charge is 0.342 e. The van der Waals surface area contributed by atoms with Gasteiger partial charge in [-0.05, 0) is 58.6 Å². The highest BCUT2D eigenvalue weighted by molar-refractivity contribution is 5.78. The first-order chi connectivity index (χ1) is 11.9. The van der Waals surface area contributed by atoms with Gasteiger partial charge in [-0.2, -0.15) is 0 Å². The summed E-state index contributed by atoms with van der Waals surface area (Å²) in [6.45, 7) is 5.41. The van der Waals surface area contributed by atoms with Gasteiger partial charge in [0.05, 0.1) is 17.2 Å². The Kier molecular flexibility index (Phi) is 4.84. The van der Waals surface area contributed by atoms with Crippen LogP contribution in [0.15, 0.2) is 32.0 Å². The second-order valence-corrected chi connectivity index (χ2v) is 7.52. The number of rotatable bonds is 5. The van der Waals surface area contributed by atoms with Crippen molar-refractivity contribution >= 4 is 5.97 Å². The molecule has 5 nitrogen and oxygen atoms in total. The van der Waals surface area contributed by atoms with Gasteiger partial charge >= 0.3 is 11.6 Å². The lowest BCUT2D eigenvalue weighted by molar-refractivity contribution is -0.143. The van der Waals surface area contributed by atoms with Crippen LogP contribution < -0.4 is 10.4 Å². The van der Waals surface area contributed by atoms with Crippen LogP contribution in [0.3, 0.4) is 0 Å². The summed E-state index contributed by atoms with van der Waals surface area (Å²) in [6.07, 6.45) is 5.97. The molecule has 0 unspecified atom stereocenters. The Balaban J connectivity index is 1.87. The molecule has 0 spiro atoms. The van der Waals surface area contributed by atoms with Gasteiger partial charge < -0.3 is 13.6 Å². The highest BCUT2D eigenvalue weighted by atomic mass is 16.5. The molecular weight excluding hydrogens is 320 g/mol. The largest absolute Gasteiger partial charge is 0.469 e. The fourth-order valence-corrected chi connectivity index (χ4v) is 3.00. The molecule has 134 valence electrons. The minimum atomic E-state index is -0.632. The van der Waals surface area contributed by atoms with Crippen LogP contribution in [-0.2, 0) is 30.5 Å². The van der Waals surface area contributed by atoms with Gasteiger partial charge in [0.15, 0.2) is 0 Å². The minimum absolute atomic E-state index is 0.334. The molecule has 0 bridgehead atoms. The third-order valence-corrected chi connectivity index (χ3v) is 4.41. The number of hydrogen-bond donors (Lipinski definition) is 0. The van der Waals surface area contributed by atoms with E-state index in [1.165, 1.54) is 0 Å². The number of furan rings is 1. The summed E-state index contributed by atoms with van der Waals surface area (Å²) in [4.78, 5) is 24.8. The molecule has 1 aliphatic rings. The quantitative estimate of drug-likeness (QED) is 0.771. The summed E-state index contributed by atoms with van der Waals surface area (Å²) >= 11 is 0. The first-order valence-corrected chi connectivity index (χ1v) is 8.78. The molecule has 0 fully saturated rings. The second-order valence-electron chi connectivity index (χ2n) is 7.52. The fourth-order valence-electron chi connectivity index (χ4n) is 3.00. The molecule has 3 rings (SSSR count). The van der Waals surface area contributed by atoms with Gasteiger partial charge in [-0.1, -0.05) is 0 Å². The predicted octanol–water partition coefficient (Wildman–Crippen LogP) is 3.85. The van der Waals surface area contributed by atoms with E-state index in [0.29, 0.717) is 23.5 Å². The molecule has 1 aliphatic carbocycles. The van der Waals surface area contributed by atoms with E-state index >= 15 is 0 Å². The number of ether oxygens (including phenoxy) is 1. The Morgan fingerprint density at radius 1 is 1.24 bits per heavy atom. The zero-order valence-electron chi connectivity index (χ0n) is 15.0. The van der Waals surface area contributed by atoms with E-state index in [-0.39, 0.29) is 5.97 Å². The predicted molar refractivity (Wildman–Crippen MR) is 92.8 cm³/mol. The SMILES string of the molecule is CC(C)(C)C(=O)Oc1c2c(oc(=O)c1CCCc1ccco1)CCC2. The van der Waals surface area contributed by atoms with Crippen molar-refractivity contribution in [1.82, 2.24) is 0 Å². The van der Waals surface area contributed by atoms with E-state index in [9.17, 15) is 9.59 Å². The molecule has 2 aromatic heterocycles. The summed E-state index contributed by atoms with van der Waals surface area (Å²) in [5.74, 6) is 1.64. The van der Waals surface area contributed by atoms with Gasteiger partial charge in [-0.15, -0.1) is 0 Å². The Bertz CT molecular complexity index is 806. The van der Waals surface area contributed by atoms with Crippen LogP contribution in [0.1, 0.15) is 56.3 Å². The summed E-state index contributed by atoms with van der Waals surface area (Å²) in [5, 5.41) is 0. The zero-order chi connectivity index (χ0) is 18.0. The van der Waals surface area contributed by atoms with Gasteiger partial charge in [0.1, 0.15) is 17.3 Å². The van der Waals surface area contributed by atoms with E-state index in [0.717, 1.165) is 43.4 Å². The molecule has 0 aliphatic heterocycles. The monoisotopic (exact) mass is 344 g/mol. The lowest BCUT2D eigenvalue weighted by atomic mass is 9.97. The van der Waals surface area contributed by atoms with Crippen molar-refractivity contribution in [3.63, 3.8) is 0 Å². The Hall–Kier alpha value is -2.30. The first kappa shape index (κ1) is 17.5. The molecule has 0 atom stereocenters. The standard InChI is InChI=1S/C20H24O5/c1-20(2,3)19(22)25-17-14-9-5-11-16(14)24-18(21)15(17)10-4-7-13-8-6-12-23-13/h6,8,12H,4-5,7,9-11H2,1-3H3. The van der Waals surface area contributed by atoms with Crippen molar-refractivity contribution in [3.05, 3.63) is 51.5 Å². The van der Waals surface area contributed by atoms with Crippen LogP contribution in [0.25, 0.3) is 0 Å². The normalized spacial score (nSPS) is 13.7. The van der Waals surface area contributed by atoms with Crippen molar-refractivity contribution in [2.24, 2.45) is 5.41 Å². The van der Waals surface area contributed by atoms with Crippen molar-refractivity contribution in [2.45, 2.75) is 59.3 Å². The highest BCUT2D eigenvalue weighted by Crippen LogP contribution is 2.34. The molecule has 0 saturated heterocycles. The van der Waals surface area contributed by atoms with E-state index in [2.05, 4.69) is 0 Å². The van der Waals surface area contributed by atoms with E-state index in [1.54, 1.807) is 27.0 Å². The molecule has 0 saturated carbocycles. The lowest BCUT2D eigenvalue weighted by Gasteiger charge is -2.19. The van der Waals surface area contributed by atoms with Gasteiger partial charge in [0.2, 0.25) is 0 Å². The molecule has 2 heterocycles. The van der Waals surface area contributed by atoms with Crippen molar-refractivity contribution in [3.8, 4) is 5.75 Å². The van der Waals surface area contributed by atoms with E-state index in [4.69, 9.17) is 13.6 Å². The maximum atomic E-state index is 12.4. The Morgan fingerprint density at radius 3 is 2.72 bits per heavy atom. The average Bonchev–Trinajstić information content (AvgIpc) is 3.19. The minimum Gasteiger partial charge on any atom is -0.469 e. The summed E-state index contributed by atoms with van der Waals surface area (Å²) < 4.78 is 16.5. The molecule has 5 heteroatoms. The van der Waals surface area contributed by atoms with E-state index < -0.39 is 11.0 Å². The molecule has 0 radical (unpaired) electrons. The molecular formula is C20H24O5. The maximum Gasteiger partial charge on any atom is 0.342 e. The number of fused-ring (bicyclic) bond motifs is 1. The number of carbonyl (C=O) groups is 1. The molecule has 0 aromatic carbocycles. The molecule has 0 N–H and O–H groups in total. The highest BCUT2D eigenvalue weighted by Gasteiger charge is 2.30. The average molecular weight is 344 g/mol. The lowest BCUT2D eigenvalue weighted by Crippen LogP contribution is -2.27. The maximum absolute atomic E-state index is 12.4. The molecule has 0 amide bonds. The van der Waals surface area contributed by atoms with Crippen LogP contribution >= 0.6 is 0 Å². The van der Waals surface area contributed by atoms with Gasteiger partial charge in [-0.3, -0.25) is 4.79 Å². The van der Waals surface area contributed by atoms with Gasteiger partial charge in [0.25, 0.3) is 0 Å². The van der Waals surface area contributed by atoms with Gasteiger partial charge in [0, 0.05) is 18.4 Å². The third kappa shape index (κ3) is 3.86. The fraction of sp³-hybridized carbons (Fsp3) is 0.500. The van der Waals surface area contributed by atoms with Gasteiger partial charge in [-0.25, -0.2) is 4.79 Å². The topological polar surface area (TPSA) is 69.7 Å². The van der Waals surface area contributed by atoms with Crippen LogP contribution in [0.4, 0.5) is 0 Å². The summed E-state index contributed by atoms with van der Waals surface area (Å²) in [6, 6.07) is 3.75. The molecule has 2 aromatic rings. The second kappa shape index (κ2) is 6.90. The van der Waals surface area contributed by atoms with Crippen molar-refractivity contribution in [2.75, 3.05) is 0 Å². The first-order valence-electron chi connectivity index (χ1n) is 8.78. The van der Waals surface area contributed by atoms with Crippen molar-refractivity contribution < 1.29 is 18.4 Å². The van der Waals surface area contributed by atoms with Crippen molar-refractivity contribution in [1.29, 1.82) is 0 Å². The Morgan fingerprint density at radius 2 is 2.04 bits per heavy atom. The number of carbonyl (C=O) groups excluding carboxylic acids is 1. The third-order valence-electron chi connectivity index (χ3n) is 4.41. The van der Waals surface area contributed by atoms with Crippen LogP contribution in [0.5, 0.6) is 5.75 Å². The zero-order valence-corrected chi connectivity index (χ0v) is 15.0.